The van der Waals surface area contributed by atoms with Gasteiger partial charge in [-0.2, -0.15) is 0 Å². The molecule has 2 aromatic carbocycles. The van der Waals surface area contributed by atoms with Crippen LogP contribution < -0.4 is 10.4 Å². The van der Waals surface area contributed by atoms with Gasteiger partial charge in [-0.05, 0) is 0 Å². The van der Waals surface area contributed by atoms with Crippen molar-refractivity contribution in [1.29, 1.82) is 0 Å². The molecule has 0 saturated carbocycles. The quantitative estimate of drug-likeness (QED) is 0.382. The predicted molar refractivity (Wildman–Crippen MR) is 142 cm³/mol. The van der Waals surface area contributed by atoms with Crippen molar-refractivity contribution in [3.05, 3.63) is 69.0 Å². The summed E-state index contributed by atoms with van der Waals surface area (Å²) >= 11 is -1.79. The van der Waals surface area contributed by atoms with Crippen LogP contribution in [-0.4, -0.2) is 21.6 Å². The average Bonchev–Trinajstić information content (AvgIpc) is 3.29. The Balaban J connectivity index is 1.77. The Morgan fingerprint density at radius 2 is 1.35 bits per heavy atom. The van der Waals surface area contributed by atoms with Crippen molar-refractivity contribution >= 4 is 32.0 Å². The molecule has 0 aromatic heterocycles. The van der Waals surface area contributed by atoms with Gasteiger partial charge in [0.2, 0.25) is 0 Å². The molecule has 0 unspecified atom stereocenters. The maximum absolute atomic E-state index is 2.70. The molecule has 0 N–H and O–H groups in total. The summed E-state index contributed by atoms with van der Waals surface area (Å²) in [6, 6.07) is 18.6. The molecule has 0 bridgehead atoms. The first-order valence-electron chi connectivity index (χ1n) is 12.0. The third kappa shape index (κ3) is 4.00. The van der Waals surface area contributed by atoms with Crippen molar-refractivity contribution in [2.75, 3.05) is 0 Å². The van der Waals surface area contributed by atoms with E-state index >= 15 is 0 Å². The molecule has 1 aliphatic heterocycles. The van der Waals surface area contributed by atoms with Gasteiger partial charge in [0.15, 0.2) is 0 Å². The Morgan fingerprint density at radius 1 is 0.806 bits per heavy atom. The van der Waals surface area contributed by atoms with Crippen molar-refractivity contribution in [3.63, 3.8) is 0 Å². The molecule has 2 aromatic rings. The van der Waals surface area contributed by atoms with E-state index in [-0.39, 0.29) is 5.43 Å². The minimum absolute atomic E-state index is 0.120. The molecular formula is C27H36Si3Zr. The van der Waals surface area contributed by atoms with Gasteiger partial charge in [-0.15, -0.1) is 0 Å². The topological polar surface area (TPSA) is 0 Å². The van der Waals surface area contributed by atoms with Gasteiger partial charge in [-0.1, -0.05) is 0 Å². The number of allylic oxidation sites excluding steroid dienone is 4. The zero-order valence-electron chi connectivity index (χ0n) is 20.1. The molecule has 4 heteroatoms. The van der Waals surface area contributed by atoms with Crippen molar-refractivity contribution < 1.29 is 20.4 Å². The summed E-state index contributed by atoms with van der Waals surface area (Å²) in [7, 11) is -2.66. The van der Waals surface area contributed by atoms with Crippen LogP contribution in [-0.2, 0) is 20.4 Å². The minimum atomic E-state index is -1.79. The predicted octanol–water partition coefficient (Wildman–Crippen LogP) is 6.70. The molecule has 0 atom stereocenters. The van der Waals surface area contributed by atoms with Crippen molar-refractivity contribution in [1.82, 2.24) is 0 Å². The van der Waals surface area contributed by atoms with Crippen molar-refractivity contribution in [2.45, 2.75) is 67.8 Å². The van der Waals surface area contributed by atoms with Gasteiger partial charge in [0.05, 0.1) is 0 Å². The molecule has 31 heavy (non-hydrogen) atoms. The summed E-state index contributed by atoms with van der Waals surface area (Å²) in [5, 5.41) is 3.31. The fourth-order valence-electron chi connectivity index (χ4n) is 5.39. The van der Waals surface area contributed by atoms with Crippen LogP contribution in [0.5, 0.6) is 0 Å². The van der Waals surface area contributed by atoms with Crippen LogP contribution in [0.2, 0.25) is 51.4 Å². The van der Waals surface area contributed by atoms with Crippen molar-refractivity contribution in [2.24, 2.45) is 0 Å². The van der Waals surface area contributed by atoms with Gasteiger partial charge < -0.3 is 0 Å². The van der Waals surface area contributed by atoms with Gasteiger partial charge in [0, 0.05) is 0 Å². The Labute approximate surface area is 199 Å². The fourth-order valence-corrected chi connectivity index (χ4v) is 30.8. The molecule has 160 valence electrons. The van der Waals surface area contributed by atoms with Crippen LogP contribution in [0, 0.1) is 0 Å². The van der Waals surface area contributed by atoms with E-state index < -0.39 is 36.5 Å². The first-order valence-corrected chi connectivity index (χ1v) is 27.3. The summed E-state index contributed by atoms with van der Waals surface area (Å²) in [6.07, 6.45) is 10.1. The third-order valence-electron chi connectivity index (χ3n) is 7.49. The van der Waals surface area contributed by atoms with Crippen LogP contribution in [0.4, 0.5) is 0 Å². The molecule has 1 heterocycles. The molecule has 3 aliphatic rings. The van der Waals surface area contributed by atoms with Crippen LogP contribution in [0.1, 0.15) is 27.6 Å². The molecule has 5 rings (SSSR count). The zero-order chi connectivity index (χ0) is 22.0. The summed E-state index contributed by atoms with van der Waals surface area (Å²) in [5.74, 6) is 0. The van der Waals surface area contributed by atoms with E-state index in [9.17, 15) is 0 Å². The Morgan fingerprint density at radius 3 is 1.74 bits per heavy atom. The fraction of sp³-hybridized carbons (Fsp3) is 0.407. The summed E-state index contributed by atoms with van der Waals surface area (Å²) < 4.78 is 2.71. The van der Waals surface area contributed by atoms with E-state index in [1.54, 1.807) is 44.7 Å². The number of benzene rings is 2. The van der Waals surface area contributed by atoms with Crippen LogP contribution in [0.3, 0.4) is 0 Å². The van der Waals surface area contributed by atoms with E-state index in [1.165, 1.54) is 12.8 Å². The molecule has 0 amide bonds. The normalized spacial score (nSPS) is 18.0. The van der Waals surface area contributed by atoms with E-state index in [0.29, 0.717) is 0 Å². The molecule has 2 aliphatic carbocycles. The molecule has 0 radical (unpaired) electrons. The maximum atomic E-state index is 2.70. The van der Waals surface area contributed by atoms with Crippen LogP contribution in [0.15, 0.2) is 57.9 Å². The molecule has 1 saturated heterocycles. The Bertz CT molecular complexity index is 1090. The van der Waals surface area contributed by atoms with Gasteiger partial charge in [0.1, 0.15) is 0 Å². The number of fused-ring (bicyclic) bond motifs is 3. The van der Waals surface area contributed by atoms with E-state index in [0.717, 1.165) is 3.63 Å². The van der Waals surface area contributed by atoms with Gasteiger partial charge in [-0.25, -0.2) is 0 Å². The van der Waals surface area contributed by atoms with Crippen LogP contribution >= 0.6 is 0 Å². The number of hydrogen-bond donors (Lipinski definition) is 0. The second-order valence-corrected chi connectivity index (χ2v) is 37.5. The third-order valence-corrected chi connectivity index (χ3v) is 32.7. The molecule has 1 fully saturated rings. The first-order chi connectivity index (χ1) is 14.6. The second-order valence-electron chi connectivity index (χ2n) is 11.7. The zero-order valence-corrected chi connectivity index (χ0v) is 25.6. The Hall–Kier alpha value is -0.546. The summed E-state index contributed by atoms with van der Waals surface area (Å²) in [4.78, 5) is 0. The molecule has 0 nitrogen and oxygen atoms in total. The summed E-state index contributed by atoms with van der Waals surface area (Å²) in [5.41, 5.74) is 6.53. The Kier molecular flexibility index (Phi) is 5.77. The first kappa shape index (κ1) is 22.3. The van der Waals surface area contributed by atoms with Gasteiger partial charge in [0.25, 0.3) is 0 Å². The van der Waals surface area contributed by atoms with E-state index in [4.69, 9.17) is 0 Å². The molecular weight excluding hydrogens is 500 g/mol. The SMILES string of the molecule is C[Si](C)(C)c1ccc2c(c1)[CH]([Zr]([C]1=CC=CC1)=[Si]1CCC1)c1cc([Si](C)(C)C)ccc1-2. The summed E-state index contributed by atoms with van der Waals surface area (Å²) in [6.45, 7) is 15.1. The van der Waals surface area contributed by atoms with E-state index in [2.05, 4.69) is 93.9 Å². The van der Waals surface area contributed by atoms with Gasteiger partial charge in [-0.3, -0.25) is 0 Å². The van der Waals surface area contributed by atoms with Gasteiger partial charge >= 0.3 is 200 Å². The van der Waals surface area contributed by atoms with Crippen LogP contribution in [0.25, 0.3) is 11.1 Å². The number of rotatable bonds is 4. The number of hydrogen-bond acceptors (Lipinski definition) is 0. The van der Waals surface area contributed by atoms with Crippen molar-refractivity contribution in [3.8, 4) is 11.1 Å². The average molecular weight is 536 g/mol. The standard InChI is InChI=1S/C19H25Si2.C5H5.C3H6Si.Zr/c1-20(2,3)16-7-9-18-14(12-16)11-15-13-17(21(4,5)6)8-10-19(15)18;1-2-4-5-3-1;1-2-4-3-1;/h7-13H,1-6H3;1-3H,4H2;1-3H2;. The molecule has 0 spiro atoms. The second kappa shape index (κ2) is 8.04. The monoisotopic (exact) mass is 534 g/mol. The van der Waals surface area contributed by atoms with E-state index in [1.807, 2.05) is 3.28 Å².